The Labute approximate surface area is 106 Å². The lowest BCUT2D eigenvalue weighted by Gasteiger charge is -2.21. The van der Waals surface area contributed by atoms with Crippen LogP contribution in [0.3, 0.4) is 0 Å². The van der Waals surface area contributed by atoms with Crippen LogP contribution in [0.2, 0.25) is 0 Å². The van der Waals surface area contributed by atoms with Crippen molar-refractivity contribution in [1.82, 2.24) is 0 Å². The van der Waals surface area contributed by atoms with Crippen molar-refractivity contribution >= 4 is 16.5 Å². The lowest BCUT2D eigenvalue weighted by molar-refractivity contribution is 0.0382. The molecule has 2 N–H and O–H groups in total. The molecule has 1 atom stereocenters. The van der Waals surface area contributed by atoms with Gasteiger partial charge in [0.2, 0.25) is 0 Å². The molecule has 1 fully saturated rings. The third-order valence-corrected chi connectivity index (χ3v) is 3.45. The minimum absolute atomic E-state index is 0.424. The Kier molecular flexibility index (Phi) is 2.94. The highest BCUT2D eigenvalue weighted by Crippen LogP contribution is 2.22. The second-order valence-electron chi connectivity index (χ2n) is 4.94. The maximum atomic E-state index is 10.2. The molecule has 0 radical (unpaired) electrons. The smallest absolute Gasteiger partial charge is 0.107 e. The molecule has 18 heavy (non-hydrogen) atoms. The molecule has 0 aliphatic carbocycles. The summed E-state index contributed by atoms with van der Waals surface area (Å²) >= 11 is 0. The lowest BCUT2D eigenvalue weighted by Crippen LogP contribution is -2.37. The number of aliphatic hydroxyl groups is 1. The fourth-order valence-corrected chi connectivity index (χ4v) is 2.30. The Morgan fingerprint density at radius 3 is 2.78 bits per heavy atom. The summed E-state index contributed by atoms with van der Waals surface area (Å²) in [7, 11) is 0. The van der Waals surface area contributed by atoms with Crippen LogP contribution in [0, 0.1) is 0 Å². The Morgan fingerprint density at radius 2 is 2.00 bits per heavy atom. The molecule has 2 aromatic carbocycles. The molecule has 1 unspecified atom stereocenters. The van der Waals surface area contributed by atoms with E-state index in [4.69, 9.17) is 4.74 Å². The normalized spacial score (nSPS) is 23.4. The van der Waals surface area contributed by atoms with E-state index in [2.05, 4.69) is 29.6 Å². The van der Waals surface area contributed by atoms with Gasteiger partial charge < -0.3 is 15.2 Å². The molecule has 1 aliphatic rings. The van der Waals surface area contributed by atoms with Crippen molar-refractivity contribution in [1.29, 1.82) is 0 Å². The van der Waals surface area contributed by atoms with E-state index >= 15 is 0 Å². The van der Waals surface area contributed by atoms with Gasteiger partial charge in [-0.1, -0.05) is 30.3 Å². The summed E-state index contributed by atoms with van der Waals surface area (Å²) in [6.45, 7) is 1.61. The van der Waals surface area contributed by atoms with Crippen LogP contribution < -0.4 is 5.32 Å². The van der Waals surface area contributed by atoms with Gasteiger partial charge in [0.25, 0.3) is 0 Å². The van der Waals surface area contributed by atoms with Crippen molar-refractivity contribution in [3.05, 3.63) is 42.5 Å². The second-order valence-corrected chi connectivity index (χ2v) is 4.94. The summed E-state index contributed by atoms with van der Waals surface area (Å²) < 4.78 is 5.23. The fraction of sp³-hybridized carbons (Fsp3) is 0.333. The highest BCUT2D eigenvalue weighted by atomic mass is 16.5. The quantitative estimate of drug-likeness (QED) is 0.869. The number of rotatable bonds is 3. The summed E-state index contributed by atoms with van der Waals surface area (Å²) in [5, 5.41) is 15.9. The third kappa shape index (κ3) is 2.33. The predicted molar refractivity (Wildman–Crippen MR) is 72.8 cm³/mol. The summed E-state index contributed by atoms with van der Waals surface area (Å²) in [5.74, 6) is 0. The molecule has 94 valence electrons. The highest BCUT2D eigenvalue weighted by Gasteiger charge is 2.31. The number of hydrogen-bond donors (Lipinski definition) is 2. The predicted octanol–water partition coefficient (Wildman–Crippen LogP) is 2.40. The topological polar surface area (TPSA) is 41.5 Å². The molecule has 1 aliphatic heterocycles. The van der Waals surface area contributed by atoms with Crippen molar-refractivity contribution in [2.45, 2.75) is 12.0 Å². The SMILES string of the molecule is OC1(CNc2ccc3ccccc3c2)CCOC1. The molecule has 3 nitrogen and oxygen atoms in total. The van der Waals surface area contributed by atoms with Gasteiger partial charge in [0.15, 0.2) is 0 Å². The summed E-state index contributed by atoms with van der Waals surface area (Å²) in [4.78, 5) is 0. The van der Waals surface area contributed by atoms with Gasteiger partial charge in [-0.25, -0.2) is 0 Å². The fourth-order valence-electron chi connectivity index (χ4n) is 2.30. The van der Waals surface area contributed by atoms with Crippen LogP contribution in [0.1, 0.15) is 6.42 Å². The lowest BCUT2D eigenvalue weighted by atomic mass is 10.0. The van der Waals surface area contributed by atoms with Gasteiger partial charge in [0.1, 0.15) is 5.60 Å². The maximum Gasteiger partial charge on any atom is 0.107 e. The standard InChI is InChI=1S/C15H17NO2/c17-15(7-8-18-11-15)10-16-14-6-5-12-3-1-2-4-13(12)9-14/h1-6,9,16-17H,7-8,10-11H2. The first-order valence-electron chi connectivity index (χ1n) is 6.28. The zero-order valence-electron chi connectivity index (χ0n) is 10.2. The molecule has 1 saturated heterocycles. The zero-order valence-corrected chi connectivity index (χ0v) is 10.2. The van der Waals surface area contributed by atoms with E-state index in [1.165, 1.54) is 10.8 Å². The molecule has 0 bridgehead atoms. The number of hydrogen-bond acceptors (Lipinski definition) is 3. The van der Waals surface area contributed by atoms with Crippen molar-refractivity contribution in [2.24, 2.45) is 0 Å². The van der Waals surface area contributed by atoms with Crippen LogP contribution in [-0.4, -0.2) is 30.5 Å². The summed E-state index contributed by atoms with van der Waals surface area (Å²) in [6.07, 6.45) is 0.702. The van der Waals surface area contributed by atoms with Crippen LogP contribution in [0.15, 0.2) is 42.5 Å². The molecule has 0 saturated carbocycles. The van der Waals surface area contributed by atoms with Crippen molar-refractivity contribution in [3.63, 3.8) is 0 Å². The van der Waals surface area contributed by atoms with Gasteiger partial charge in [0, 0.05) is 25.3 Å². The number of benzene rings is 2. The number of ether oxygens (including phenoxy) is 1. The molecule has 0 amide bonds. The molecule has 2 aromatic rings. The Hall–Kier alpha value is -1.58. The molecular formula is C15H17NO2. The molecular weight excluding hydrogens is 226 g/mol. The average molecular weight is 243 g/mol. The van der Waals surface area contributed by atoms with Crippen molar-refractivity contribution in [2.75, 3.05) is 25.1 Å². The number of anilines is 1. The van der Waals surface area contributed by atoms with Crippen LogP contribution in [0.5, 0.6) is 0 Å². The Balaban J connectivity index is 1.74. The van der Waals surface area contributed by atoms with E-state index < -0.39 is 5.60 Å². The van der Waals surface area contributed by atoms with Crippen LogP contribution >= 0.6 is 0 Å². The Morgan fingerprint density at radius 1 is 1.17 bits per heavy atom. The zero-order chi connectivity index (χ0) is 12.4. The average Bonchev–Trinajstić information content (AvgIpc) is 2.84. The third-order valence-electron chi connectivity index (χ3n) is 3.45. The maximum absolute atomic E-state index is 10.2. The Bertz CT molecular complexity index is 547. The second kappa shape index (κ2) is 4.59. The van der Waals surface area contributed by atoms with Gasteiger partial charge >= 0.3 is 0 Å². The van der Waals surface area contributed by atoms with Crippen LogP contribution in [0.25, 0.3) is 10.8 Å². The first-order chi connectivity index (χ1) is 8.75. The minimum Gasteiger partial charge on any atom is -0.386 e. The van der Waals surface area contributed by atoms with E-state index in [9.17, 15) is 5.11 Å². The largest absolute Gasteiger partial charge is 0.386 e. The first kappa shape index (κ1) is 11.5. The monoisotopic (exact) mass is 243 g/mol. The van der Waals surface area contributed by atoms with Crippen LogP contribution in [-0.2, 0) is 4.74 Å². The molecule has 3 rings (SSSR count). The first-order valence-corrected chi connectivity index (χ1v) is 6.28. The van der Waals surface area contributed by atoms with Gasteiger partial charge in [-0.15, -0.1) is 0 Å². The van der Waals surface area contributed by atoms with Crippen molar-refractivity contribution < 1.29 is 9.84 Å². The molecule has 0 spiro atoms. The van der Waals surface area contributed by atoms with E-state index in [0.29, 0.717) is 26.2 Å². The molecule has 1 heterocycles. The van der Waals surface area contributed by atoms with Crippen molar-refractivity contribution in [3.8, 4) is 0 Å². The highest BCUT2D eigenvalue weighted by molar-refractivity contribution is 5.85. The van der Waals surface area contributed by atoms with Gasteiger partial charge in [0.05, 0.1) is 6.61 Å². The van der Waals surface area contributed by atoms with Gasteiger partial charge in [-0.2, -0.15) is 0 Å². The van der Waals surface area contributed by atoms with Gasteiger partial charge in [-0.3, -0.25) is 0 Å². The minimum atomic E-state index is -0.717. The number of fused-ring (bicyclic) bond motifs is 1. The van der Waals surface area contributed by atoms with E-state index in [1.807, 2.05) is 18.2 Å². The van der Waals surface area contributed by atoms with E-state index in [-0.39, 0.29) is 0 Å². The molecule has 0 aromatic heterocycles. The van der Waals surface area contributed by atoms with Gasteiger partial charge in [-0.05, 0) is 22.9 Å². The van der Waals surface area contributed by atoms with E-state index in [1.54, 1.807) is 0 Å². The van der Waals surface area contributed by atoms with Crippen LogP contribution in [0.4, 0.5) is 5.69 Å². The number of nitrogens with one attached hydrogen (secondary N) is 1. The molecule has 3 heteroatoms. The summed E-state index contributed by atoms with van der Waals surface area (Å²) in [5.41, 5.74) is 0.320. The van der Waals surface area contributed by atoms with E-state index in [0.717, 1.165) is 5.69 Å². The summed E-state index contributed by atoms with van der Waals surface area (Å²) in [6, 6.07) is 14.5.